The van der Waals surface area contributed by atoms with Gasteiger partial charge in [-0.25, -0.2) is 0 Å². The van der Waals surface area contributed by atoms with Crippen LogP contribution in [0.25, 0.3) is 76.7 Å². The Bertz CT molecular complexity index is 2450. The van der Waals surface area contributed by atoms with Gasteiger partial charge in [-0.15, -0.1) is 0 Å². The van der Waals surface area contributed by atoms with Gasteiger partial charge in [-0.2, -0.15) is 0 Å². The molecular formula is C34H20O2. The number of rotatable bonds is 2. The van der Waals surface area contributed by atoms with E-state index in [1.165, 1.54) is 0 Å². The second-order valence-electron chi connectivity index (χ2n) is 8.67. The minimum absolute atomic E-state index is 0.147. The van der Waals surface area contributed by atoms with Gasteiger partial charge in [0.15, 0.2) is 0 Å². The van der Waals surface area contributed by atoms with Gasteiger partial charge < -0.3 is 8.83 Å². The first-order chi connectivity index (χ1) is 21.2. The maximum absolute atomic E-state index is 9.15. The first-order valence-electron chi connectivity index (χ1n) is 15.5. The van der Waals surface area contributed by atoms with Crippen LogP contribution in [0.4, 0.5) is 0 Å². The first-order valence-corrected chi connectivity index (χ1v) is 11.5. The highest BCUT2D eigenvalue weighted by molar-refractivity contribution is 6.26. The van der Waals surface area contributed by atoms with Gasteiger partial charge in [-0.1, -0.05) is 96.9 Å². The Labute approximate surface area is 218 Å². The van der Waals surface area contributed by atoms with E-state index in [1.54, 1.807) is 42.7 Å². The number of furan rings is 2. The van der Waals surface area contributed by atoms with Gasteiger partial charge >= 0.3 is 0 Å². The molecule has 0 atom stereocenters. The lowest BCUT2D eigenvalue weighted by atomic mass is 9.85. The van der Waals surface area contributed by atoms with Crippen LogP contribution in [0, 0.1) is 0 Å². The average Bonchev–Trinajstić information content (AvgIpc) is 3.68. The van der Waals surface area contributed by atoms with Gasteiger partial charge in [0, 0.05) is 27.3 Å². The van der Waals surface area contributed by atoms with Crippen LogP contribution in [-0.2, 0) is 0 Å². The number of fused-ring (bicyclic) bond motifs is 7. The molecule has 6 aromatic carbocycles. The Balaban J connectivity index is 1.71. The highest BCUT2D eigenvalue weighted by Crippen LogP contribution is 2.46. The van der Waals surface area contributed by atoms with E-state index < -0.39 is 24.2 Å². The van der Waals surface area contributed by atoms with Gasteiger partial charge in [-0.05, 0) is 50.9 Å². The molecule has 8 aromatic rings. The Kier molecular flexibility index (Phi) is 2.71. The van der Waals surface area contributed by atoms with Gasteiger partial charge in [-0.3, -0.25) is 0 Å². The molecule has 2 heterocycles. The summed E-state index contributed by atoms with van der Waals surface area (Å²) in [6.07, 6.45) is 1.60. The fraction of sp³-hybridized carbons (Fsp3) is 0. The summed E-state index contributed by atoms with van der Waals surface area (Å²) in [6.45, 7) is 0. The molecule has 36 heavy (non-hydrogen) atoms. The molecule has 0 bridgehead atoms. The van der Waals surface area contributed by atoms with Crippen molar-refractivity contribution in [2.24, 2.45) is 0 Å². The standard InChI is InChI=1S/C34H20O2/c1-2-9-21(10-3-1)31-22-11-4-6-13-24(22)32(25-14-7-5-12-23(25)31)27-15-8-16-28-33-26-19-20-35-29(26)17-18-30(33)36-34(27)28/h1-20H/i4D,5D,6D,7D,11D,12D,13D,14D. The van der Waals surface area contributed by atoms with E-state index in [4.69, 9.17) is 19.8 Å². The molecule has 0 radical (unpaired) electrons. The number of para-hydroxylation sites is 1. The third-order valence-electron chi connectivity index (χ3n) is 6.80. The Morgan fingerprint density at radius 3 is 1.92 bits per heavy atom. The fourth-order valence-corrected chi connectivity index (χ4v) is 5.33. The van der Waals surface area contributed by atoms with E-state index in [0.29, 0.717) is 33.4 Å². The molecule has 2 aromatic heterocycles. The van der Waals surface area contributed by atoms with Crippen LogP contribution in [0.1, 0.15) is 11.0 Å². The topological polar surface area (TPSA) is 26.3 Å². The predicted octanol–water partition coefficient (Wildman–Crippen LogP) is 9.97. The van der Waals surface area contributed by atoms with Crippen molar-refractivity contribution >= 4 is 54.5 Å². The van der Waals surface area contributed by atoms with Crippen LogP contribution in [0.5, 0.6) is 0 Å². The fourth-order valence-electron chi connectivity index (χ4n) is 5.33. The van der Waals surface area contributed by atoms with Crippen LogP contribution >= 0.6 is 0 Å². The van der Waals surface area contributed by atoms with E-state index in [1.807, 2.05) is 30.3 Å². The third-order valence-corrected chi connectivity index (χ3v) is 6.80. The summed E-state index contributed by atoms with van der Waals surface area (Å²) in [5.41, 5.74) is 3.26. The van der Waals surface area contributed by atoms with Gasteiger partial charge in [0.1, 0.15) is 16.7 Å². The molecule has 0 N–H and O–H groups in total. The highest BCUT2D eigenvalue weighted by atomic mass is 16.3. The zero-order valence-electron chi connectivity index (χ0n) is 26.7. The van der Waals surface area contributed by atoms with Crippen molar-refractivity contribution in [3.05, 3.63) is 121 Å². The number of hydrogen-bond acceptors (Lipinski definition) is 2. The third kappa shape index (κ3) is 2.61. The van der Waals surface area contributed by atoms with E-state index in [-0.39, 0.29) is 51.3 Å². The van der Waals surface area contributed by atoms with Crippen molar-refractivity contribution in [2.75, 3.05) is 0 Å². The molecule has 0 aliphatic carbocycles. The zero-order chi connectivity index (χ0) is 30.6. The second-order valence-corrected chi connectivity index (χ2v) is 8.67. The molecule has 0 aliphatic rings. The quantitative estimate of drug-likeness (QED) is 0.236. The number of hydrogen-bond donors (Lipinski definition) is 0. The summed E-state index contributed by atoms with van der Waals surface area (Å²) in [7, 11) is 0. The summed E-state index contributed by atoms with van der Waals surface area (Å²) >= 11 is 0. The normalized spacial score (nSPS) is 15.0. The van der Waals surface area contributed by atoms with E-state index in [9.17, 15) is 0 Å². The molecule has 0 aliphatic heterocycles. The second kappa shape index (κ2) is 7.34. The SMILES string of the molecule is [2H]c1c([2H])c([2H])c2c(-c3cccc4c3oc3ccc5occc5c34)c3c([2H])c([2H])c([2H])c([2H])c3c(-c3ccccc3)c2c1[2H]. The molecule has 0 fully saturated rings. The van der Waals surface area contributed by atoms with Crippen LogP contribution in [0.15, 0.2) is 130 Å². The lowest BCUT2D eigenvalue weighted by molar-refractivity contribution is 0.615. The lowest BCUT2D eigenvalue weighted by Gasteiger charge is -2.17. The number of benzene rings is 6. The minimum atomic E-state index is -0.445. The van der Waals surface area contributed by atoms with E-state index >= 15 is 0 Å². The van der Waals surface area contributed by atoms with Crippen molar-refractivity contribution in [1.29, 1.82) is 0 Å². The molecule has 0 amide bonds. The van der Waals surface area contributed by atoms with Gasteiger partial charge in [0.2, 0.25) is 0 Å². The Morgan fingerprint density at radius 2 is 1.19 bits per heavy atom. The summed E-state index contributed by atoms with van der Waals surface area (Å²) in [6, 6.07) is 16.9. The minimum Gasteiger partial charge on any atom is -0.464 e. The molecule has 0 unspecified atom stereocenters. The van der Waals surface area contributed by atoms with Crippen LogP contribution < -0.4 is 0 Å². The smallest absolute Gasteiger partial charge is 0.143 e. The molecule has 0 saturated carbocycles. The van der Waals surface area contributed by atoms with Crippen molar-refractivity contribution in [3.8, 4) is 22.3 Å². The van der Waals surface area contributed by atoms with Crippen LogP contribution in [-0.4, -0.2) is 0 Å². The Hall–Kier alpha value is -4.82. The van der Waals surface area contributed by atoms with Crippen molar-refractivity contribution < 1.29 is 19.8 Å². The van der Waals surface area contributed by atoms with E-state index in [0.717, 1.165) is 16.2 Å². The predicted molar refractivity (Wildman–Crippen MR) is 149 cm³/mol. The molecule has 2 heteroatoms. The summed E-state index contributed by atoms with van der Waals surface area (Å²) in [5.74, 6) is 0. The van der Waals surface area contributed by atoms with E-state index in [2.05, 4.69) is 0 Å². The van der Waals surface area contributed by atoms with Gasteiger partial charge in [0.25, 0.3) is 0 Å². The highest BCUT2D eigenvalue weighted by Gasteiger charge is 2.20. The lowest BCUT2D eigenvalue weighted by Crippen LogP contribution is -1.90. The maximum Gasteiger partial charge on any atom is 0.143 e. The Morgan fingerprint density at radius 1 is 0.528 bits per heavy atom. The maximum atomic E-state index is 9.15. The average molecular weight is 469 g/mol. The summed E-state index contributed by atoms with van der Waals surface area (Å²) in [5, 5.41) is 3.02. The van der Waals surface area contributed by atoms with Crippen LogP contribution in [0.3, 0.4) is 0 Å². The molecule has 168 valence electrons. The summed E-state index contributed by atoms with van der Waals surface area (Å²) in [4.78, 5) is 0. The van der Waals surface area contributed by atoms with Crippen molar-refractivity contribution in [2.45, 2.75) is 0 Å². The summed E-state index contributed by atoms with van der Waals surface area (Å²) < 4.78 is 82.9. The molecular weight excluding hydrogens is 440 g/mol. The molecule has 2 nitrogen and oxygen atoms in total. The molecule has 0 saturated heterocycles. The zero-order valence-corrected chi connectivity index (χ0v) is 18.7. The van der Waals surface area contributed by atoms with Crippen molar-refractivity contribution in [1.82, 2.24) is 0 Å². The monoisotopic (exact) mass is 468 g/mol. The first kappa shape index (κ1) is 13.3. The van der Waals surface area contributed by atoms with Crippen molar-refractivity contribution in [3.63, 3.8) is 0 Å². The van der Waals surface area contributed by atoms with Gasteiger partial charge in [0.05, 0.1) is 17.2 Å². The molecule has 8 rings (SSSR count). The largest absolute Gasteiger partial charge is 0.464 e. The van der Waals surface area contributed by atoms with Crippen LogP contribution in [0.2, 0.25) is 0 Å². The molecule has 0 spiro atoms.